The van der Waals surface area contributed by atoms with Crippen LogP contribution in [0.4, 0.5) is 10.6 Å². The summed E-state index contributed by atoms with van der Waals surface area (Å²) in [6, 6.07) is 2.05. The molecule has 0 radical (unpaired) electrons. The summed E-state index contributed by atoms with van der Waals surface area (Å²) in [4.78, 5) is 16.5. The van der Waals surface area contributed by atoms with E-state index in [0.717, 1.165) is 24.5 Å². The maximum atomic E-state index is 12.3. The first-order valence-corrected chi connectivity index (χ1v) is 8.18. The molecule has 0 unspecified atom stereocenters. The fourth-order valence-electron chi connectivity index (χ4n) is 3.21. The van der Waals surface area contributed by atoms with Gasteiger partial charge in [0, 0.05) is 12.5 Å². The zero-order valence-electron chi connectivity index (χ0n) is 13.1. The van der Waals surface area contributed by atoms with Crippen LogP contribution in [0.15, 0.2) is 18.6 Å². The van der Waals surface area contributed by atoms with E-state index in [2.05, 4.69) is 32.7 Å². The zero-order valence-corrected chi connectivity index (χ0v) is 13.1. The van der Waals surface area contributed by atoms with E-state index in [0.29, 0.717) is 18.5 Å². The van der Waals surface area contributed by atoms with Gasteiger partial charge in [-0.3, -0.25) is 5.32 Å². The van der Waals surface area contributed by atoms with Crippen molar-refractivity contribution in [3.05, 3.63) is 24.4 Å². The molecule has 23 heavy (non-hydrogen) atoms. The van der Waals surface area contributed by atoms with Gasteiger partial charge < -0.3 is 5.32 Å². The molecule has 2 aromatic rings. The second kappa shape index (κ2) is 5.68. The summed E-state index contributed by atoms with van der Waals surface area (Å²) in [6.07, 6.45) is 7.50. The lowest BCUT2D eigenvalue weighted by Gasteiger charge is -2.24. The number of fused-ring (bicyclic) bond motifs is 1. The molecule has 1 saturated carbocycles. The third-order valence-electron chi connectivity index (χ3n) is 4.74. The maximum absolute atomic E-state index is 12.3. The molecule has 2 atom stereocenters. The highest BCUT2D eigenvalue weighted by Crippen LogP contribution is 2.40. The summed E-state index contributed by atoms with van der Waals surface area (Å²) in [5, 5.41) is 14.5. The SMILES string of the molecule is C[C@H](C1CC1)n1nccc1NC(=O)N[C@H]1CCc2ncnn2C1. The molecule has 8 nitrogen and oxygen atoms in total. The van der Waals surface area contributed by atoms with Gasteiger partial charge in [-0.2, -0.15) is 10.2 Å². The van der Waals surface area contributed by atoms with Crippen molar-refractivity contribution in [1.82, 2.24) is 29.9 Å². The summed E-state index contributed by atoms with van der Waals surface area (Å²) in [7, 11) is 0. The first-order valence-electron chi connectivity index (χ1n) is 8.18. The molecule has 0 saturated heterocycles. The van der Waals surface area contributed by atoms with Crippen molar-refractivity contribution in [3.63, 3.8) is 0 Å². The molecule has 8 heteroatoms. The fourth-order valence-corrected chi connectivity index (χ4v) is 3.21. The Morgan fingerprint density at radius 1 is 1.35 bits per heavy atom. The Kier molecular flexibility index (Phi) is 3.51. The Balaban J connectivity index is 1.36. The van der Waals surface area contributed by atoms with Crippen LogP contribution in [-0.2, 0) is 13.0 Å². The van der Waals surface area contributed by atoms with Crippen LogP contribution in [0, 0.1) is 5.92 Å². The minimum absolute atomic E-state index is 0.0708. The van der Waals surface area contributed by atoms with Crippen molar-refractivity contribution in [2.24, 2.45) is 5.92 Å². The van der Waals surface area contributed by atoms with Crippen molar-refractivity contribution >= 4 is 11.8 Å². The number of rotatable bonds is 4. The molecule has 1 aliphatic carbocycles. The van der Waals surface area contributed by atoms with Crippen LogP contribution >= 0.6 is 0 Å². The molecule has 122 valence electrons. The zero-order chi connectivity index (χ0) is 15.8. The molecule has 0 spiro atoms. The molecule has 2 aliphatic rings. The van der Waals surface area contributed by atoms with Gasteiger partial charge in [-0.15, -0.1) is 0 Å². The number of carbonyl (C=O) groups excluding carboxylic acids is 1. The number of anilines is 1. The van der Waals surface area contributed by atoms with Gasteiger partial charge in [-0.05, 0) is 32.1 Å². The van der Waals surface area contributed by atoms with Crippen LogP contribution in [0.2, 0.25) is 0 Å². The molecular formula is C15H21N7O. The molecule has 4 rings (SSSR count). The van der Waals surface area contributed by atoms with Gasteiger partial charge >= 0.3 is 6.03 Å². The van der Waals surface area contributed by atoms with Gasteiger partial charge in [0.05, 0.1) is 24.8 Å². The highest BCUT2D eigenvalue weighted by atomic mass is 16.2. The summed E-state index contributed by atoms with van der Waals surface area (Å²) >= 11 is 0. The molecule has 1 fully saturated rings. The Hall–Kier alpha value is -2.38. The van der Waals surface area contributed by atoms with E-state index in [1.165, 1.54) is 12.8 Å². The molecule has 0 bridgehead atoms. The summed E-state index contributed by atoms with van der Waals surface area (Å²) in [5.41, 5.74) is 0. The first-order chi connectivity index (χ1) is 11.2. The van der Waals surface area contributed by atoms with E-state index in [4.69, 9.17) is 0 Å². The molecule has 0 aromatic carbocycles. The number of amides is 2. The van der Waals surface area contributed by atoms with E-state index >= 15 is 0 Å². The summed E-state index contributed by atoms with van der Waals surface area (Å²) in [5.74, 6) is 2.42. The van der Waals surface area contributed by atoms with Gasteiger partial charge in [0.15, 0.2) is 0 Å². The number of nitrogens with one attached hydrogen (secondary N) is 2. The Bertz CT molecular complexity index is 702. The lowest BCUT2D eigenvalue weighted by atomic mass is 10.1. The van der Waals surface area contributed by atoms with Crippen LogP contribution in [0.25, 0.3) is 0 Å². The number of hydrogen-bond acceptors (Lipinski definition) is 4. The van der Waals surface area contributed by atoms with Gasteiger partial charge in [-0.25, -0.2) is 19.1 Å². The predicted octanol–water partition coefficient (Wildman–Crippen LogP) is 1.58. The van der Waals surface area contributed by atoms with Crippen molar-refractivity contribution in [2.75, 3.05) is 5.32 Å². The van der Waals surface area contributed by atoms with Crippen LogP contribution in [-0.4, -0.2) is 36.6 Å². The third kappa shape index (κ3) is 2.93. The van der Waals surface area contributed by atoms with E-state index in [-0.39, 0.29) is 12.1 Å². The monoisotopic (exact) mass is 315 g/mol. The number of urea groups is 1. The molecule has 2 aromatic heterocycles. The van der Waals surface area contributed by atoms with Crippen molar-refractivity contribution in [3.8, 4) is 0 Å². The smallest absolute Gasteiger partial charge is 0.320 e. The number of hydrogen-bond donors (Lipinski definition) is 2. The number of carbonyl (C=O) groups is 1. The van der Waals surface area contributed by atoms with Gasteiger partial charge in [0.2, 0.25) is 0 Å². The predicted molar refractivity (Wildman–Crippen MR) is 83.9 cm³/mol. The van der Waals surface area contributed by atoms with Crippen LogP contribution in [0.5, 0.6) is 0 Å². The number of aryl methyl sites for hydroxylation is 1. The molecule has 2 N–H and O–H groups in total. The van der Waals surface area contributed by atoms with Crippen LogP contribution < -0.4 is 10.6 Å². The van der Waals surface area contributed by atoms with Gasteiger partial charge in [-0.1, -0.05) is 0 Å². The quantitative estimate of drug-likeness (QED) is 0.896. The maximum Gasteiger partial charge on any atom is 0.320 e. The fraction of sp³-hybridized carbons (Fsp3) is 0.600. The first kappa shape index (κ1) is 14.2. The lowest BCUT2D eigenvalue weighted by molar-refractivity contribution is 0.243. The number of nitrogens with zero attached hydrogens (tertiary/aromatic N) is 5. The lowest BCUT2D eigenvalue weighted by Crippen LogP contribution is -2.43. The van der Waals surface area contributed by atoms with Gasteiger partial charge in [0.25, 0.3) is 0 Å². The van der Waals surface area contributed by atoms with Gasteiger partial charge in [0.1, 0.15) is 18.0 Å². The standard InChI is InChI=1S/C15H21N7O/c1-10(11-2-3-11)22-14(6-7-17-22)20-15(23)19-12-4-5-13-16-9-18-21(13)8-12/h6-7,9-12H,2-5,8H2,1H3,(H2,19,20,23)/t10-,12+/m1/s1. The normalized spacial score (nSPS) is 21.5. The van der Waals surface area contributed by atoms with Crippen LogP contribution in [0.3, 0.4) is 0 Å². The summed E-state index contributed by atoms with van der Waals surface area (Å²) < 4.78 is 3.77. The second-order valence-corrected chi connectivity index (χ2v) is 6.43. The average molecular weight is 315 g/mol. The molecule has 2 amide bonds. The largest absolute Gasteiger partial charge is 0.333 e. The topological polar surface area (TPSA) is 89.7 Å². The van der Waals surface area contributed by atoms with E-state index < -0.39 is 0 Å². The highest BCUT2D eigenvalue weighted by molar-refractivity contribution is 5.88. The Morgan fingerprint density at radius 3 is 3.04 bits per heavy atom. The Labute approximate surface area is 134 Å². The van der Waals surface area contributed by atoms with E-state index in [1.807, 2.05) is 15.4 Å². The molecule has 3 heterocycles. The highest BCUT2D eigenvalue weighted by Gasteiger charge is 2.31. The number of aromatic nitrogens is 5. The molecular weight excluding hydrogens is 294 g/mol. The molecule has 1 aliphatic heterocycles. The minimum atomic E-state index is -0.191. The van der Waals surface area contributed by atoms with Crippen LogP contribution in [0.1, 0.15) is 38.1 Å². The van der Waals surface area contributed by atoms with Crippen molar-refractivity contribution in [1.29, 1.82) is 0 Å². The average Bonchev–Trinajstić information content (AvgIpc) is 3.11. The van der Waals surface area contributed by atoms with E-state index in [1.54, 1.807) is 12.5 Å². The third-order valence-corrected chi connectivity index (χ3v) is 4.74. The van der Waals surface area contributed by atoms with Crippen molar-refractivity contribution in [2.45, 2.75) is 51.2 Å². The summed E-state index contributed by atoms with van der Waals surface area (Å²) in [6.45, 7) is 2.82. The van der Waals surface area contributed by atoms with Crippen molar-refractivity contribution < 1.29 is 4.79 Å². The minimum Gasteiger partial charge on any atom is -0.333 e. The Morgan fingerprint density at radius 2 is 2.22 bits per heavy atom. The van der Waals surface area contributed by atoms with E-state index in [9.17, 15) is 4.79 Å². The second-order valence-electron chi connectivity index (χ2n) is 6.43.